The van der Waals surface area contributed by atoms with Crippen molar-refractivity contribution < 1.29 is 18.8 Å². The second kappa shape index (κ2) is 5.62. The van der Waals surface area contributed by atoms with Crippen LogP contribution in [0, 0.1) is 22.1 Å². The molecule has 1 saturated carbocycles. The molecule has 5 rings (SSSR count). The third-order valence-electron chi connectivity index (χ3n) is 7.91. The van der Waals surface area contributed by atoms with Gasteiger partial charge in [-0.05, 0) is 60.3 Å². The van der Waals surface area contributed by atoms with Crippen LogP contribution < -0.4 is 4.90 Å². The van der Waals surface area contributed by atoms with E-state index in [0.717, 1.165) is 34.7 Å². The Morgan fingerprint density at radius 2 is 1.63 bits per heavy atom. The number of nitrogens with zero attached hydrogens (tertiary/aromatic N) is 3. The van der Waals surface area contributed by atoms with Crippen molar-refractivity contribution in [1.29, 1.82) is 0 Å². The first kappa shape index (κ1) is 19.5. The van der Waals surface area contributed by atoms with Crippen LogP contribution in [0.15, 0.2) is 18.2 Å². The Labute approximate surface area is 176 Å². The Kier molecular flexibility index (Phi) is 3.66. The van der Waals surface area contributed by atoms with Crippen LogP contribution in [0.25, 0.3) is 0 Å². The number of hydrogen-bond acceptors (Lipinski definition) is 4. The summed E-state index contributed by atoms with van der Waals surface area (Å²) < 4.78 is 14.2. The highest BCUT2D eigenvalue weighted by Gasteiger charge is 2.71. The van der Waals surface area contributed by atoms with E-state index in [1.54, 1.807) is 6.07 Å². The second-order valence-electron chi connectivity index (χ2n) is 10.8. The molecular formula is C23H28FN3O3. The number of carbonyl (C=O) groups excluding carboxylic acids is 3. The molecule has 4 amide bonds. The number of hydrogen-bond donors (Lipinski definition) is 0. The molecule has 1 aromatic rings. The number of amides is 4. The molecule has 30 heavy (non-hydrogen) atoms. The molecule has 3 aliphatic heterocycles. The van der Waals surface area contributed by atoms with E-state index in [2.05, 4.69) is 25.7 Å². The van der Waals surface area contributed by atoms with E-state index in [1.807, 2.05) is 0 Å². The van der Waals surface area contributed by atoms with Crippen LogP contribution in [-0.2, 0) is 16.0 Å². The Hall–Kier alpha value is -2.44. The van der Waals surface area contributed by atoms with Crippen molar-refractivity contribution in [2.45, 2.75) is 58.5 Å². The lowest BCUT2D eigenvalue weighted by molar-refractivity contribution is -0.161. The average molecular weight is 413 g/mol. The summed E-state index contributed by atoms with van der Waals surface area (Å²) >= 11 is 0. The minimum absolute atomic E-state index is 0.0603. The number of urea groups is 1. The van der Waals surface area contributed by atoms with Crippen molar-refractivity contribution >= 4 is 23.5 Å². The highest BCUT2D eigenvalue weighted by molar-refractivity contribution is 6.20. The molecular weight excluding hydrogens is 385 g/mol. The Morgan fingerprint density at radius 1 is 1.00 bits per heavy atom. The maximum absolute atomic E-state index is 14.2. The lowest BCUT2D eigenvalue weighted by atomic mass is 9.56. The number of benzene rings is 1. The number of fused-ring (bicyclic) bond motifs is 8. The summed E-state index contributed by atoms with van der Waals surface area (Å²) in [7, 11) is 2.88. The lowest BCUT2D eigenvalue weighted by Gasteiger charge is -2.54. The number of halogens is 1. The molecule has 0 N–H and O–H groups in total. The van der Waals surface area contributed by atoms with E-state index >= 15 is 0 Å². The largest absolute Gasteiger partial charge is 0.363 e. The number of imide groups is 2. The zero-order valence-corrected chi connectivity index (χ0v) is 18.2. The smallest absolute Gasteiger partial charge is 0.332 e. The van der Waals surface area contributed by atoms with E-state index in [4.69, 9.17) is 0 Å². The van der Waals surface area contributed by atoms with E-state index < -0.39 is 23.3 Å². The van der Waals surface area contributed by atoms with Crippen LogP contribution in [-0.4, -0.2) is 53.8 Å². The SMILES string of the molecule is CN1C(=O)N(C)C(=O)C2(Cc3cc(F)ccc3N3[C@H]4CC(C)(C)C[C@](C)(C4)[C@H]32)C1=O. The molecule has 1 aromatic carbocycles. The minimum atomic E-state index is -1.43. The van der Waals surface area contributed by atoms with Crippen molar-refractivity contribution in [2.24, 2.45) is 16.2 Å². The highest BCUT2D eigenvalue weighted by Crippen LogP contribution is 2.64. The molecule has 1 aliphatic carbocycles. The number of anilines is 1. The van der Waals surface area contributed by atoms with Crippen molar-refractivity contribution in [3.05, 3.63) is 29.6 Å². The third kappa shape index (κ3) is 2.21. The van der Waals surface area contributed by atoms with Gasteiger partial charge in [0, 0.05) is 25.8 Å². The van der Waals surface area contributed by atoms with E-state index in [9.17, 15) is 18.8 Å². The van der Waals surface area contributed by atoms with Crippen LogP contribution in [0.5, 0.6) is 0 Å². The molecule has 1 spiro atoms. The molecule has 4 aliphatic rings. The predicted octanol–water partition coefficient (Wildman–Crippen LogP) is 3.19. The highest BCUT2D eigenvalue weighted by atomic mass is 19.1. The summed E-state index contributed by atoms with van der Waals surface area (Å²) in [6.45, 7) is 6.65. The summed E-state index contributed by atoms with van der Waals surface area (Å²) in [6, 6.07) is 3.87. The van der Waals surface area contributed by atoms with E-state index in [-0.39, 0.29) is 35.2 Å². The van der Waals surface area contributed by atoms with Gasteiger partial charge in [0.2, 0.25) is 11.8 Å². The van der Waals surface area contributed by atoms with Crippen LogP contribution >= 0.6 is 0 Å². The Morgan fingerprint density at radius 3 is 2.27 bits per heavy atom. The molecule has 3 heterocycles. The fraction of sp³-hybridized carbons (Fsp3) is 0.609. The molecule has 7 heteroatoms. The second-order valence-corrected chi connectivity index (χ2v) is 10.8. The Balaban J connectivity index is 1.80. The van der Waals surface area contributed by atoms with Crippen molar-refractivity contribution in [3.8, 4) is 0 Å². The molecule has 160 valence electrons. The van der Waals surface area contributed by atoms with Gasteiger partial charge < -0.3 is 4.90 Å². The summed E-state index contributed by atoms with van der Waals surface area (Å²) in [5, 5.41) is 0. The number of rotatable bonds is 0. The number of barbiturate groups is 1. The van der Waals surface area contributed by atoms with Gasteiger partial charge in [-0.2, -0.15) is 0 Å². The molecule has 0 aromatic heterocycles. The molecule has 2 bridgehead atoms. The van der Waals surface area contributed by atoms with Gasteiger partial charge in [0.1, 0.15) is 5.82 Å². The first-order valence-corrected chi connectivity index (χ1v) is 10.6. The van der Waals surface area contributed by atoms with E-state index in [1.165, 1.54) is 26.2 Å². The van der Waals surface area contributed by atoms with Crippen molar-refractivity contribution in [2.75, 3.05) is 19.0 Å². The van der Waals surface area contributed by atoms with Crippen molar-refractivity contribution in [3.63, 3.8) is 0 Å². The van der Waals surface area contributed by atoms with Crippen LogP contribution in [0.2, 0.25) is 0 Å². The monoisotopic (exact) mass is 413 g/mol. The zero-order chi connectivity index (χ0) is 21.8. The molecule has 2 saturated heterocycles. The maximum Gasteiger partial charge on any atom is 0.332 e. The van der Waals surface area contributed by atoms with Gasteiger partial charge in [0.15, 0.2) is 5.41 Å². The maximum atomic E-state index is 14.2. The van der Waals surface area contributed by atoms with Gasteiger partial charge in [-0.25, -0.2) is 9.18 Å². The summed E-state index contributed by atoms with van der Waals surface area (Å²) in [6.07, 6.45) is 2.82. The quantitative estimate of drug-likeness (QED) is 0.613. The first-order chi connectivity index (χ1) is 13.9. The van der Waals surface area contributed by atoms with E-state index in [0.29, 0.717) is 5.56 Å². The van der Waals surface area contributed by atoms with Gasteiger partial charge in [-0.3, -0.25) is 19.4 Å². The molecule has 0 radical (unpaired) electrons. The first-order valence-electron chi connectivity index (χ1n) is 10.6. The van der Waals surface area contributed by atoms with Crippen LogP contribution in [0.4, 0.5) is 14.9 Å². The third-order valence-corrected chi connectivity index (χ3v) is 7.91. The number of carbonyl (C=O) groups is 3. The molecule has 0 unspecified atom stereocenters. The Bertz CT molecular complexity index is 981. The van der Waals surface area contributed by atoms with Gasteiger partial charge in [0.25, 0.3) is 0 Å². The predicted molar refractivity (Wildman–Crippen MR) is 109 cm³/mol. The lowest BCUT2D eigenvalue weighted by Crippen LogP contribution is -2.72. The van der Waals surface area contributed by atoms with Crippen LogP contribution in [0.3, 0.4) is 0 Å². The summed E-state index contributed by atoms with van der Waals surface area (Å²) in [5.74, 6) is -1.32. The molecule has 6 nitrogen and oxygen atoms in total. The normalized spacial score (nSPS) is 33.8. The minimum Gasteiger partial charge on any atom is -0.363 e. The van der Waals surface area contributed by atoms with Gasteiger partial charge >= 0.3 is 6.03 Å². The fourth-order valence-corrected chi connectivity index (χ4v) is 7.42. The summed E-state index contributed by atoms with van der Waals surface area (Å²) in [5.41, 5.74) is -0.0574. The van der Waals surface area contributed by atoms with Crippen molar-refractivity contribution in [1.82, 2.24) is 9.80 Å². The average Bonchev–Trinajstić information content (AvgIpc) is 2.89. The topological polar surface area (TPSA) is 60.9 Å². The molecule has 3 fully saturated rings. The van der Waals surface area contributed by atoms with Gasteiger partial charge in [-0.15, -0.1) is 0 Å². The molecule has 3 atom stereocenters. The standard InChI is InChI=1S/C23H28FN3O3/c1-21(2)10-15-11-22(3,12-21)17-23(18(28)25(4)20(30)26(5)19(23)29)9-13-8-14(24)6-7-16(13)27(15)17/h6-8,15,17H,9-12H2,1-5H3/t15-,17-,22-/m0/s1. The zero-order valence-electron chi connectivity index (χ0n) is 18.2. The van der Waals surface area contributed by atoms with Crippen LogP contribution in [0.1, 0.15) is 45.6 Å². The van der Waals surface area contributed by atoms with Gasteiger partial charge in [-0.1, -0.05) is 20.8 Å². The summed E-state index contributed by atoms with van der Waals surface area (Å²) in [4.78, 5) is 44.4. The van der Waals surface area contributed by atoms with Gasteiger partial charge in [0.05, 0.1) is 6.04 Å². The fourth-order valence-electron chi connectivity index (χ4n) is 7.42.